The molecule has 0 unspecified atom stereocenters. The van der Waals surface area contributed by atoms with Crippen LogP contribution in [0.1, 0.15) is 44.5 Å². The van der Waals surface area contributed by atoms with Crippen LogP contribution in [0.25, 0.3) is 21.5 Å². The van der Waals surface area contributed by atoms with Gasteiger partial charge in [-0.25, -0.2) is 0 Å². The molecule has 0 bridgehead atoms. The number of rotatable bonds is 4. The highest BCUT2D eigenvalue weighted by atomic mass is 15.2. The van der Waals surface area contributed by atoms with Crippen molar-refractivity contribution < 1.29 is 0 Å². The van der Waals surface area contributed by atoms with Crippen LogP contribution >= 0.6 is 0 Å². The molecule has 11 aromatic carbocycles. The fourth-order valence-corrected chi connectivity index (χ4v) is 13.2. The van der Waals surface area contributed by atoms with Gasteiger partial charge in [0.1, 0.15) is 0 Å². The van der Waals surface area contributed by atoms with Gasteiger partial charge < -0.3 is 9.80 Å². The molecule has 0 saturated carbocycles. The number of benzene rings is 11. The summed E-state index contributed by atoms with van der Waals surface area (Å²) >= 11 is 0. The lowest BCUT2D eigenvalue weighted by Crippen LogP contribution is -2.63. The highest BCUT2D eigenvalue weighted by Gasteiger charge is 2.55. The summed E-state index contributed by atoms with van der Waals surface area (Å²) < 4.78 is 0. The van der Waals surface area contributed by atoms with Crippen molar-refractivity contribution in [1.82, 2.24) is 0 Å². The fourth-order valence-electron chi connectivity index (χ4n) is 13.2. The van der Waals surface area contributed by atoms with Crippen molar-refractivity contribution in [3.63, 3.8) is 0 Å². The Hall–Kier alpha value is -8.40. The summed E-state index contributed by atoms with van der Waals surface area (Å²) in [5.41, 5.74) is 20.4. The molecule has 310 valence electrons. The number of hydrogen-bond donors (Lipinski definition) is 0. The van der Waals surface area contributed by atoms with Crippen LogP contribution in [0.2, 0.25) is 0 Å². The van der Waals surface area contributed by atoms with Crippen molar-refractivity contribution in [3.8, 4) is 0 Å². The Morgan fingerprint density at radius 2 is 0.597 bits per heavy atom. The quantitative estimate of drug-likeness (QED) is 0.163. The minimum Gasteiger partial charge on any atom is -0.311 e. The van der Waals surface area contributed by atoms with Crippen molar-refractivity contribution in [2.75, 3.05) is 9.80 Å². The van der Waals surface area contributed by atoms with E-state index in [2.05, 4.69) is 259 Å². The van der Waals surface area contributed by atoms with Crippen LogP contribution in [0.5, 0.6) is 0 Å². The van der Waals surface area contributed by atoms with Crippen LogP contribution in [0.4, 0.5) is 34.1 Å². The van der Waals surface area contributed by atoms with E-state index >= 15 is 0 Å². The maximum absolute atomic E-state index is 2.64. The highest BCUT2D eigenvalue weighted by Crippen LogP contribution is 2.62. The minimum absolute atomic E-state index is 0.0406. The third kappa shape index (κ3) is 4.66. The molecule has 15 rings (SSSR count). The van der Waals surface area contributed by atoms with E-state index in [0.717, 1.165) is 0 Å². The number of fused-ring (bicyclic) bond motifs is 10. The third-order valence-corrected chi connectivity index (χ3v) is 15.7. The number of hydrogen-bond acceptors (Lipinski definition) is 2. The van der Waals surface area contributed by atoms with E-state index < -0.39 is 10.8 Å². The summed E-state index contributed by atoms with van der Waals surface area (Å²) in [6.07, 6.45) is 0. The van der Waals surface area contributed by atoms with Crippen molar-refractivity contribution >= 4 is 78.8 Å². The Balaban J connectivity index is 1.11. The lowest BCUT2D eigenvalue weighted by Gasteiger charge is -2.53. The molecule has 67 heavy (non-hydrogen) atoms. The van der Waals surface area contributed by atoms with Gasteiger partial charge in [-0.1, -0.05) is 212 Å². The minimum atomic E-state index is -0.606. The van der Waals surface area contributed by atoms with E-state index in [0.29, 0.717) is 0 Å². The summed E-state index contributed by atoms with van der Waals surface area (Å²) in [7, 11) is 0. The molecule has 4 aliphatic heterocycles. The van der Waals surface area contributed by atoms with E-state index in [9.17, 15) is 0 Å². The maximum atomic E-state index is 2.64. The van der Waals surface area contributed by atoms with Gasteiger partial charge in [0, 0.05) is 22.7 Å². The van der Waals surface area contributed by atoms with Crippen molar-refractivity contribution in [2.45, 2.75) is 10.8 Å². The van der Waals surface area contributed by atoms with E-state index in [1.165, 1.54) is 117 Å². The van der Waals surface area contributed by atoms with Gasteiger partial charge in [0.15, 0.2) is 0 Å². The zero-order valence-electron chi connectivity index (χ0n) is 36.6. The Kier molecular flexibility index (Phi) is 7.47. The standard InChI is InChI=1S/C64H41BN2/c1-5-24-46(25-6-1)63(47-26-7-2-8-27-47)50-32-17-34-54-61(50)66(58-40-44-22-15-13-20-42(44)38-52(58)63)56-36-19-37-57-60(56)65(54)55-35-18-33-51-62(55)67(57)59-41-45-23-16-14-21-43(45)39-53(59)64(51,48-28-9-3-10-29-48)49-30-11-4-12-31-49/h1-41H. The van der Waals surface area contributed by atoms with Gasteiger partial charge in [-0.15, -0.1) is 0 Å². The van der Waals surface area contributed by atoms with Gasteiger partial charge in [0.05, 0.1) is 22.2 Å². The van der Waals surface area contributed by atoms with Crippen LogP contribution in [0.15, 0.2) is 249 Å². The normalized spacial score (nSPS) is 15.0. The Bertz CT molecular complexity index is 3500. The molecular weight excluding hydrogens is 808 g/mol. The molecule has 0 spiro atoms. The van der Waals surface area contributed by atoms with Crippen molar-refractivity contribution in [3.05, 3.63) is 293 Å². The number of para-hydroxylation sites is 2. The van der Waals surface area contributed by atoms with Crippen LogP contribution < -0.4 is 26.2 Å². The second kappa shape index (κ2) is 13.6. The Morgan fingerprint density at radius 3 is 0.970 bits per heavy atom. The smallest absolute Gasteiger partial charge is 0.252 e. The van der Waals surface area contributed by atoms with E-state index in [1.54, 1.807) is 0 Å². The van der Waals surface area contributed by atoms with Gasteiger partial charge >= 0.3 is 0 Å². The molecule has 3 heteroatoms. The molecule has 0 aliphatic carbocycles. The molecule has 4 aliphatic rings. The first-order chi connectivity index (χ1) is 33.3. The molecule has 2 nitrogen and oxygen atoms in total. The average Bonchev–Trinajstić information content (AvgIpc) is 3.40. The maximum Gasteiger partial charge on any atom is 0.252 e. The topological polar surface area (TPSA) is 6.48 Å². The predicted molar refractivity (Wildman–Crippen MR) is 279 cm³/mol. The summed E-state index contributed by atoms with van der Waals surface area (Å²) in [5, 5.41) is 4.94. The zero-order valence-corrected chi connectivity index (χ0v) is 36.6. The van der Waals surface area contributed by atoms with Gasteiger partial charge in [-0.3, -0.25) is 0 Å². The first-order valence-electron chi connectivity index (χ1n) is 23.5. The molecule has 0 atom stereocenters. The SMILES string of the molecule is c1ccc(C2(c3ccccc3)c3cc4ccccc4cc3N3c4cccc5c4B(c4cccc2c43)c2cccc3c2N5c2cc4ccccc4cc2C3(c2ccccc2)c2ccccc2)cc1. The van der Waals surface area contributed by atoms with E-state index in [1.807, 2.05) is 0 Å². The molecule has 0 fully saturated rings. The molecular formula is C64H41BN2. The highest BCUT2D eigenvalue weighted by molar-refractivity contribution is 7.00. The van der Waals surface area contributed by atoms with Crippen LogP contribution in [-0.2, 0) is 10.8 Å². The van der Waals surface area contributed by atoms with Crippen LogP contribution in [-0.4, -0.2) is 6.71 Å². The van der Waals surface area contributed by atoms with Gasteiger partial charge in [-0.2, -0.15) is 0 Å². The molecule has 0 aromatic heterocycles. The van der Waals surface area contributed by atoms with Crippen LogP contribution in [0, 0.1) is 0 Å². The largest absolute Gasteiger partial charge is 0.311 e. The fraction of sp³-hybridized carbons (Fsp3) is 0.0312. The van der Waals surface area contributed by atoms with Crippen molar-refractivity contribution in [2.24, 2.45) is 0 Å². The summed E-state index contributed by atoms with van der Waals surface area (Å²) in [4.78, 5) is 5.29. The zero-order chi connectivity index (χ0) is 43.8. The van der Waals surface area contributed by atoms with Crippen LogP contribution in [0.3, 0.4) is 0 Å². The van der Waals surface area contributed by atoms with Crippen molar-refractivity contribution in [1.29, 1.82) is 0 Å². The lowest BCUT2D eigenvalue weighted by atomic mass is 9.32. The first-order valence-corrected chi connectivity index (χ1v) is 23.5. The number of anilines is 6. The molecule has 0 N–H and O–H groups in total. The van der Waals surface area contributed by atoms with Gasteiger partial charge in [-0.05, 0) is 119 Å². The molecule has 0 amide bonds. The molecule has 0 radical (unpaired) electrons. The second-order valence-electron chi connectivity index (χ2n) is 18.7. The first kappa shape index (κ1) is 36.9. The average molecular weight is 849 g/mol. The van der Waals surface area contributed by atoms with Gasteiger partial charge in [0.2, 0.25) is 0 Å². The lowest BCUT2D eigenvalue weighted by molar-refractivity contribution is 0.732. The second-order valence-corrected chi connectivity index (χ2v) is 18.7. The monoisotopic (exact) mass is 848 g/mol. The summed E-state index contributed by atoms with van der Waals surface area (Å²) in [6.45, 7) is -0.0406. The van der Waals surface area contributed by atoms with E-state index in [-0.39, 0.29) is 6.71 Å². The predicted octanol–water partition coefficient (Wildman–Crippen LogP) is 13.5. The Labute approximate surface area is 390 Å². The Morgan fingerprint density at radius 1 is 0.269 bits per heavy atom. The molecule has 11 aromatic rings. The molecule has 0 saturated heterocycles. The van der Waals surface area contributed by atoms with Gasteiger partial charge in [0.25, 0.3) is 6.71 Å². The molecule has 4 heterocycles. The summed E-state index contributed by atoms with van der Waals surface area (Å²) in [5.74, 6) is 0. The number of nitrogens with zero attached hydrogens (tertiary/aromatic N) is 2. The summed E-state index contributed by atoms with van der Waals surface area (Å²) in [6, 6.07) is 94.2. The van der Waals surface area contributed by atoms with E-state index in [4.69, 9.17) is 0 Å². The third-order valence-electron chi connectivity index (χ3n) is 15.7.